The largest absolute Gasteiger partial charge is 0.381 e. The minimum atomic E-state index is -0.0194. The van der Waals surface area contributed by atoms with Crippen molar-refractivity contribution in [3.8, 4) is 0 Å². The number of rotatable bonds is 2. The summed E-state index contributed by atoms with van der Waals surface area (Å²) < 4.78 is 7.92. The third-order valence-corrected chi connectivity index (χ3v) is 4.17. The summed E-state index contributed by atoms with van der Waals surface area (Å²) >= 11 is 7.07. The zero-order valence-corrected chi connectivity index (χ0v) is 13.3. The van der Waals surface area contributed by atoms with E-state index in [-0.39, 0.29) is 5.60 Å². The van der Waals surface area contributed by atoms with Crippen LogP contribution in [0.3, 0.4) is 0 Å². The molecule has 0 radical (unpaired) electrons. The fourth-order valence-corrected chi connectivity index (χ4v) is 2.91. The Morgan fingerprint density at radius 2 is 2.12 bits per heavy atom. The van der Waals surface area contributed by atoms with Crippen LogP contribution in [0.2, 0.25) is 0 Å². The van der Waals surface area contributed by atoms with Crippen molar-refractivity contribution in [1.29, 1.82) is 0 Å². The maximum atomic E-state index is 5.73. The molecule has 0 amide bonds. The molecule has 0 bridgehead atoms. The number of anilines is 1. The Kier molecular flexibility index (Phi) is 4.16. The fraction of sp³-hybridized carbons (Fsp3) is 0.538. The minimum absolute atomic E-state index is 0.0194. The number of halogens is 2. The lowest BCUT2D eigenvalue weighted by Gasteiger charge is -2.36. The fourth-order valence-electron chi connectivity index (χ4n) is 2.18. The molecule has 1 atom stereocenters. The first-order valence-electron chi connectivity index (χ1n) is 5.82. The van der Waals surface area contributed by atoms with E-state index >= 15 is 0 Å². The second kappa shape index (κ2) is 5.29. The second-order valence-electron chi connectivity index (χ2n) is 5.07. The molecule has 1 aromatic rings. The van der Waals surface area contributed by atoms with E-state index in [1.165, 1.54) is 0 Å². The number of hydrogen-bond acceptors (Lipinski definition) is 2. The summed E-state index contributed by atoms with van der Waals surface area (Å²) in [5, 5.41) is 3.59. The molecule has 1 aliphatic rings. The summed E-state index contributed by atoms with van der Waals surface area (Å²) in [5.41, 5.74) is 1.12. The minimum Gasteiger partial charge on any atom is -0.381 e. The first kappa shape index (κ1) is 13.4. The average molecular weight is 363 g/mol. The van der Waals surface area contributed by atoms with Gasteiger partial charge in [-0.1, -0.05) is 15.9 Å². The lowest BCUT2D eigenvalue weighted by Crippen LogP contribution is -2.40. The number of benzene rings is 1. The molecule has 2 rings (SSSR count). The zero-order valence-electron chi connectivity index (χ0n) is 10.1. The van der Waals surface area contributed by atoms with Gasteiger partial charge in [0.2, 0.25) is 0 Å². The van der Waals surface area contributed by atoms with Crippen molar-refractivity contribution >= 4 is 37.5 Å². The van der Waals surface area contributed by atoms with Gasteiger partial charge in [-0.05, 0) is 60.8 Å². The van der Waals surface area contributed by atoms with Crippen LogP contribution in [0.15, 0.2) is 27.1 Å². The number of ether oxygens (including phenoxy) is 1. The molecule has 94 valence electrons. The van der Waals surface area contributed by atoms with Gasteiger partial charge in [-0.3, -0.25) is 0 Å². The van der Waals surface area contributed by atoms with Gasteiger partial charge >= 0.3 is 0 Å². The molecule has 4 heteroatoms. The summed E-state index contributed by atoms with van der Waals surface area (Å²) in [6.07, 6.45) is 2.09. The van der Waals surface area contributed by atoms with Crippen molar-refractivity contribution in [2.24, 2.45) is 0 Å². The average Bonchev–Trinajstić information content (AvgIpc) is 2.22. The highest BCUT2D eigenvalue weighted by Crippen LogP contribution is 2.31. The molecule has 17 heavy (non-hydrogen) atoms. The van der Waals surface area contributed by atoms with E-state index in [1.807, 2.05) is 6.07 Å². The topological polar surface area (TPSA) is 21.3 Å². The van der Waals surface area contributed by atoms with Gasteiger partial charge in [-0.25, -0.2) is 0 Å². The standard InChI is InChI=1S/C13H17Br2NO/c1-13(2)8-10(5-6-17-13)16-12-7-9(14)3-4-11(12)15/h3-4,7,10,16H,5-6,8H2,1-2H3. The van der Waals surface area contributed by atoms with Crippen LogP contribution >= 0.6 is 31.9 Å². The van der Waals surface area contributed by atoms with Gasteiger partial charge in [0.25, 0.3) is 0 Å². The lowest BCUT2D eigenvalue weighted by molar-refractivity contribution is -0.0553. The molecule has 1 aromatic carbocycles. The van der Waals surface area contributed by atoms with Crippen LogP contribution in [0.1, 0.15) is 26.7 Å². The number of hydrogen-bond donors (Lipinski definition) is 1. The van der Waals surface area contributed by atoms with Crippen molar-refractivity contribution in [3.05, 3.63) is 27.1 Å². The highest BCUT2D eigenvalue weighted by atomic mass is 79.9. The maximum absolute atomic E-state index is 5.73. The molecular formula is C13H17Br2NO. The van der Waals surface area contributed by atoms with Crippen LogP contribution in [-0.4, -0.2) is 18.2 Å². The highest BCUT2D eigenvalue weighted by molar-refractivity contribution is 9.11. The molecule has 0 saturated carbocycles. The molecule has 1 N–H and O–H groups in total. The highest BCUT2D eigenvalue weighted by Gasteiger charge is 2.28. The molecule has 1 heterocycles. The first-order valence-corrected chi connectivity index (χ1v) is 7.40. The third-order valence-electron chi connectivity index (χ3n) is 2.99. The van der Waals surface area contributed by atoms with Crippen molar-refractivity contribution in [3.63, 3.8) is 0 Å². The maximum Gasteiger partial charge on any atom is 0.0646 e. The van der Waals surface area contributed by atoms with Gasteiger partial charge in [-0.2, -0.15) is 0 Å². The summed E-state index contributed by atoms with van der Waals surface area (Å²) in [7, 11) is 0. The van der Waals surface area contributed by atoms with Crippen LogP contribution in [-0.2, 0) is 4.74 Å². The Bertz CT molecular complexity index is 406. The number of nitrogens with one attached hydrogen (secondary N) is 1. The van der Waals surface area contributed by atoms with Crippen LogP contribution in [0, 0.1) is 0 Å². The first-order chi connectivity index (χ1) is 7.96. The van der Waals surface area contributed by atoms with Crippen LogP contribution in [0.4, 0.5) is 5.69 Å². The Labute approximate surface area is 119 Å². The lowest BCUT2D eigenvalue weighted by atomic mass is 9.94. The van der Waals surface area contributed by atoms with E-state index in [0.717, 1.165) is 34.1 Å². The Hall–Kier alpha value is -0.0600. The van der Waals surface area contributed by atoms with Gasteiger partial charge in [-0.15, -0.1) is 0 Å². The van der Waals surface area contributed by atoms with Gasteiger partial charge < -0.3 is 10.1 Å². The molecule has 2 nitrogen and oxygen atoms in total. The van der Waals surface area contributed by atoms with E-state index in [4.69, 9.17) is 4.74 Å². The van der Waals surface area contributed by atoms with Crippen molar-refractivity contribution in [2.45, 2.75) is 38.3 Å². The van der Waals surface area contributed by atoms with E-state index < -0.39 is 0 Å². The normalized spacial score (nSPS) is 23.4. The van der Waals surface area contributed by atoms with Gasteiger partial charge in [0.1, 0.15) is 0 Å². The summed E-state index contributed by atoms with van der Waals surface area (Å²) in [5.74, 6) is 0. The summed E-state index contributed by atoms with van der Waals surface area (Å²) in [6.45, 7) is 5.13. The monoisotopic (exact) mass is 361 g/mol. The van der Waals surface area contributed by atoms with Crippen LogP contribution in [0.5, 0.6) is 0 Å². The van der Waals surface area contributed by atoms with Gasteiger partial charge in [0, 0.05) is 27.3 Å². The Morgan fingerprint density at radius 3 is 2.82 bits per heavy atom. The van der Waals surface area contributed by atoms with E-state index in [0.29, 0.717) is 6.04 Å². The molecule has 1 unspecified atom stereocenters. The molecular weight excluding hydrogens is 346 g/mol. The summed E-state index contributed by atoms with van der Waals surface area (Å²) in [4.78, 5) is 0. The SMILES string of the molecule is CC1(C)CC(Nc2cc(Br)ccc2Br)CCO1. The molecule has 1 aliphatic heterocycles. The second-order valence-corrected chi connectivity index (χ2v) is 6.84. The quantitative estimate of drug-likeness (QED) is 0.831. The van der Waals surface area contributed by atoms with Crippen molar-refractivity contribution < 1.29 is 4.74 Å². The molecule has 1 fully saturated rings. The Morgan fingerprint density at radius 1 is 1.35 bits per heavy atom. The van der Waals surface area contributed by atoms with Gasteiger partial charge in [0.05, 0.1) is 5.60 Å². The van der Waals surface area contributed by atoms with Crippen LogP contribution < -0.4 is 5.32 Å². The van der Waals surface area contributed by atoms with E-state index in [1.54, 1.807) is 0 Å². The van der Waals surface area contributed by atoms with Crippen molar-refractivity contribution in [2.75, 3.05) is 11.9 Å². The van der Waals surface area contributed by atoms with Crippen molar-refractivity contribution in [1.82, 2.24) is 0 Å². The Balaban J connectivity index is 2.07. The molecule has 0 spiro atoms. The smallest absolute Gasteiger partial charge is 0.0646 e. The predicted octanol–water partition coefficient (Wildman–Crippen LogP) is 4.58. The van der Waals surface area contributed by atoms with E-state index in [2.05, 4.69) is 63.2 Å². The molecule has 0 aliphatic carbocycles. The van der Waals surface area contributed by atoms with E-state index in [9.17, 15) is 0 Å². The van der Waals surface area contributed by atoms with Crippen LogP contribution in [0.25, 0.3) is 0 Å². The molecule has 1 saturated heterocycles. The summed E-state index contributed by atoms with van der Waals surface area (Å²) in [6, 6.07) is 6.66. The molecule has 0 aromatic heterocycles. The zero-order chi connectivity index (χ0) is 12.5. The third kappa shape index (κ3) is 3.70. The predicted molar refractivity (Wildman–Crippen MR) is 78.5 cm³/mol. The van der Waals surface area contributed by atoms with Gasteiger partial charge in [0.15, 0.2) is 0 Å².